The zero-order valence-electron chi connectivity index (χ0n) is 14.4. The first-order valence-electron chi connectivity index (χ1n) is 8.01. The first-order chi connectivity index (χ1) is 11.8. The smallest absolute Gasteiger partial charge is 0.289 e. The Hall–Kier alpha value is -2.11. The minimum Gasteiger partial charge on any atom is -0.409 e. The lowest BCUT2D eigenvalue weighted by atomic mass is 9.87. The summed E-state index contributed by atoms with van der Waals surface area (Å²) in [6.45, 7) is 6.96. The van der Waals surface area contributed by atoms with Crippen LogP contribution in [-0.4, -0.2) is 9.78 Å². The maximum atomic E-state index is 5.99. The lowest BCUT2D eigenvalue weighted by Crippen LogP contribution is -2.10. The molecule has 0 bridgehead atoms. The van der Waals surface area contributed by atoms with Gasteiger partial charge in [0.1, 0.15) is 6.67 Å². The van der Waals surface area contributed by atoms with E-state index in [4.69, 9.17) is 28.2 Å². The second kappa shape index (κ2) is 7.02. The van der Waals surface area contributed by atoms with Crippen LogP contribution in [0.5, 0.6) is 0 Å². The number of nitrogens with one attached hydrogen (secondary N) is 1. The first-order valence-corrected chi connectivity index (χ1v) is 8.80. The summed E-state index contributed by atoms with van der Waals surface area (Å²) in [5, 5.41) is 8.36. The third-order valence-electron chi connectivity index (χ3n) is 3.86. The maximum absolute atomic E-state index is 5.99. The Morgan fingerprint density at radius 1 is 1.16 bits per heavy atom. The van der Waals surface area contributed by atoms with Crippen molar-refractivity contribution in [3.05, 3.63) is 64.0 Å². The Labute approximate surface area is 157 Å². The third kappa shape index (κ3) is 4.30. The zero-order chi connectivity index (χ0) is 18.0. The minimum absolute atomic E-state index is 0.110. The molecule has 1 aromatic heterocycles. The van der Waals surface area contributed by atoms with Gasteiger partial charge in [0.25, 0.3) is 4.84 Å². The van der Waals surface area contributed by atoms with Gasteiger partial charge in [-0.2, -0.15) is 0 Å². The van der Waals surface area contributed by atoms with Crippen molar-refractivity contribution in [1.29, 1.82) is 0 Å². The fraction of sp³-hybridized carbons (Fsp3) is 0.263. The first kappa shape index (κ1) is 17.7. The molecule has 0 aliphatic rings. The normalized spacial score (nSPS) is 11.5. The summed E-state index contributed by atoms with van der Waals surface area (Å²) < 4.78 is 7.25. The van der Waals surface area contributed by atoms with E-state index in [1.165, 1.54) is 5.56 Å². The topological polar surface area (TPSA) is 43.0 Å². The van der Waals surface area contributed by atoms with E-state index in [2.05, 4.69) is 43.3 Å². The molecule has 0 atom stereocenters. The predicted molar refractivity (Wildman–Crippen MR) is 105 cm³/mol. The highest BCUT2D eigenvalue weighted by Gasteiger charge is 2.14. The van der Waals surface area contributed by atoms with Crippen molar-refractivity contribution in [2.45, 2.75) is 32.9 Å². The van der Waals surface area contributed by atoms with Crippen molar-refractivity contribution in [3.8, 4) is 11.5 Å². The largest absolute Gasteiger partial charge is 0.409 e. The summed E-state index contributed by atoms with van der Waals surface area (Å²) in [5.41, 5.74) is 3.17. The number of hydrogen-bond donors (Lipinski definition) is 1. The lowest BCUT2D eigenvalue weighted by molar-refractivity contribution is 0.522. The number of anilines is 1. The zero-order valence-corrected chi connectivity index (χ0v) is 16.0. The van der Waals surface area contributed by atoms with Gasteiger partial charge in [-0.05, 0) is 53.5 Å². The van der Waals surface area contributed by atoms with E-state index in [9.17, 15) is 0 Å². The molecular formula is C19H20ClN3OS. The molecule has 0 aliphatic carbocycles. The van der Waals surface area contributed by atoms with Crippen molar-refractivity contribution in [2.24, 2.45) is 0 Å². The summed E-state index contributed by atoms with van der Waals surface area (Å²) in [7, 11) is 0. The highest BCUT2D eigenvalue weighted by Crippen LogP contribution is 2.25. The van der Waals surface area contributed by atoms with Gasteiger partial charge in [0.05, 0.1) is 0 Å². The van der Waals surface area contributed by atoms with E-state index >= 15 is 0 Å². The molecule has 0 amide bonds. The molecule has 0 saturated carbocycles. The molecule has 1 N–H and O–H groups in total. The molecule has 6 heteroatoms. The molecular weight excluding hydrogens is 354 g/mol. The van der Waals surface area contributed by atoms with Crippen molar-refractivity contribution in [2.75, 3.05) is 5.32 Å². The number of halogens is 1. The van der Waals surface area contributed by atoms with Crippen LogP contribution in [0.2, 0.25) is 5.02 Å². The van der Waals surface area contributed by atoms with Crippen LogP contribution in [0.15, 0.2) is 52.9 Å². The molecule has 2 aromatic carbocycles. The van der Waals surface area contributed by atoms with Crippen molar-refractivity contribution >= 4 is 29.5 Å². The van der Waals surface area contributed by atoms with E-state index < -0.39 is 0 Å². The second-order valence-electron chi connectivity index (χ2n) is 6.85. The summed E-state index contributed by atoms with van der Waals surface area (Å²) in [4.78, 5) is 0.324. The van der Waals surface area contributed by atoms with Gasteiger partial charge in [-0.1, -0.05) is 50.6 Å². The highest BCUT2D eigenvalue weighted by molar-refractivity contribution is 7.71. The molecule has 3 rings (SSSR count). The maximum Gasteiger partial charge on any atom is 0.289 e. The number of benzene rings is 2. The van der Waals surface area contributed by atoms with Crippen molar-refractivity contribution in [1.82, 2.24) is 9.78 Å². The SMILES string of the molecule is CC(C)(C)c1ccc(-c2nn(CNc3cccc(Cl)c3)c(=S)o2)cc1. The van der Waals surface area contributed by atoms with Crippen molar-refractivity contribution < 1.29 is 4.42 Å². The number of rotatable bonds is 4. The van der Waals surface area contributed by atoms with Crippen LogP contribution in [0.25, 0.3) is 11.5 Å². The Bertz CT molecular complexity index is 923. The summed E-state index contributed by atoms with van der Waals surface area (Å²) >= 11 is 11.3. The quantitative estimate of drug-likeness (QED) is 0.579. The van der Waals surface area contributed by atoms with Gasteiger partial charge in [-0.15, -0.1) is 5.10 Å². The highest BCUT2D eigenvalue weighted by atomic mass is 35.5. The van der Waals surface area contributed by atoms with Gasteiger partial charge < -0.3 is 9.73 Å². The molecule has 25 heavy (non-hydrogen) atoms. The van der Waals surface area contributed by atoms with E-state index in [-0.39, 0.29) is 5.41 Å². The fourth-order valence-corrected chi connectivity index (χ4v) is 2.77. The number of aromatic nitrogens is 2. The van der Waals surface area contributed by atoms with Gasteiger partial charge in [0.2, 0.25) is 5.89 Å². The molecule has 0 radical (unpaired) electrons. The third-order valence-corrected chi connectivity index (χ3v) is 4.39. The standard InChI is InChI=1S/C19H20ClN3OS/c1-19(2,3)14-9-7-13(8-10-14)17-22-23(18(25)24-17)12-21-16-6-4-5-15(20)11-16/h4-11,21H,12H2,1-3H3. The average molecular weight is 374 g/mol. The Kier molecular flexibility index (Phi) is 4.97. The van der Waals surface area contributed by atoms with Crippen LogP contribution in [0.1, 0.15) is 26.3 Å². The van der Waals surface area contributed by atoms with Gasteiger partial charge in [-0.25, -0.2) is 4.68 Å². The molecule has 0 aliphatic heterocycles. The molecule has 0 unspecified atom stereocenters. The summed E-state index contributed by atoms with van der Waals surface area (Å²) in [6, 6.07) is 15.7. The molecule has 0 saturated heterocycles. The molecule has 0 fully saturated rings. The Balaban J connectivity index is 1.77. The van der Waals surface area contributed by atoms with Gasteiger partial charge >= 0.3 is 0 Å². The van der Waals surface area contributed by atoms with Gasteiger partial charge in [0.15, 0.2) is 0 Å². The van der Waals surface area contributed by atoms with E-state index in [1.54, 1.807) is 4.68 Å². The number of hydrogen-bond acceptors (Lipinski definition) is 4. The molecule has 130 valence electrons. The summed E-state index contributed by atoms with van der Waals surface area (Å²) in [6.07, 6.45) is 0. The van der Waals surface area contributed by atoms with Crippen LogP contribution >= 0.6 is 23.8 Å². The Morgan fingerprint density at radius 2 is 1.88 bits per heavy atom. The molecule has 3 aromatic rings. The minimum atomic E-state index is 0.110. The lowest BCUT2D eigenvalue weighted by Gasteiger charge is -2.18. The van der Waals surface area contributed by atoms with Crippen LogP contribution in [0, 0.1) is 4.84 Å². The van der Waals surface area contributed by atoms with Crippen molar-refractivity contribution in [3.63, 3.8) is 0 Å². The monoisotopic (exact) mass is 373 g/mol. The van der Waals surface area contributed by atoms with Crippen LogP contribution < -0.4 is 5.32 Å². The van der Waals surface area contributed by atoms with E-state index in [1.807, 2.05) is 36.4 Å². The van der Waals surface area contributed by atoms with Gasteiger partial charge in [0, 0.05) is 16.3 Å². The van der Waals surface area contributed by atoms with Crippen LogP contribution in [0.4, 0.5) is 5.69 Å². The fourth-order valence-electron chi connectivity index (χ4n) is 2.40. The second-order valence-corrected chi connectivity index (χ2v) is 7.63. The van der Waals surface area contributed by atoms with E-state index in [0.29, 0.717) is 22.4 Å². The average Bonchev–Trinajstić information content (AvgIpc) is 2.93. The van der Waals surface area contributed by atoms with E-state index in [0.717, 1.165) is 11.3 Å². The Morgan fingerprint density at radius 3 is 2.52 bits per heavy atom. The van der Waals surface area contributed by atoms with Crippen LogP contribution in [-0.2, 0) is 12.1 Å². The predicted octanol–water partition coefficient (Wildman–Crippen LogP) is 5.89. The molecule has 1 heterocycles. The molecule has 0 spiro atoms. The number of nitrogens with zero attached hydrogens (tertiary/aromatic N) is 2. The van der Waals surface area contributed by atoms with Crippen LogP contribution in [0.3, 0.4) is 0 Å². The summed E-state index contributed by atoms with van der Waals surface area (Å²) in [5.74, 6) is 0.512. The van der Waals surface area contributed by atoms with Gasteiger partial charge in [-0.3, -0.25) is 0 Å². The molecule has 4 nitrogen and oxygen atoms in total.